The van der Waals surface area contributed by atoms with Gasteiger partial charge in [-0.2, -0.15) is 0 Å². The Kier molecular flexibility index (Phi) is 4.79. The van der Waals surface area contributed by atoms with Crippen LogP contribution in [0, 0.1) is 6.92 Å². The highest BCUT2D eigenvalue weighted by molar-refractivity contribution is 5.69. The van der Waals surface area contributed by atoms with Crippen molar-refractivity contribution in [3.63, 3.8) is 0 Å². The Morgan fingerprint density at radius 2 is 2.19 bits per heavy atom. The summed E-state index contributed by atoms with van der Waals surface area (Å²) in [6.07, 6.45) is 0.204. The molecule has 0 aliphatic heterocycles. The standard InChI is InChI=1S/C12H16O4/c1-9-3-4-11(10(7-9)8-13)16-6-5-12(14)15-2/h3-4,7,13H,5-6,8H2,1-2H3. The van der Waals surface area contributed by atoms with E-state index >= 15 is 0 Å². The molecular weight excluding hydrogens is 208 g/mol. The van der Waals surface area contributed by atoms with Gasteiger partial charge in [-0.25, -0.2) is 0 Å². The lowest BCUT2D eigenvalue weighted by atomic mass is 10.1. The maximum absolute atomic E-state index is 10.9. The number of ether oxygens (including phenoxy) is 2. The lowest BCUT2D eigenvalue weighted by molar-refractivity contribution is -0.141. The Bertz CT molecular complexity index is 360. The van der Waals surface area contributed by atoms with E-state index in [0.29, 0.717) is 5.75 Å². The third-order valence-corrected chi connectivity index (χ3v) is 2.18. The Balaban J connectivity index is 2.56. The molecule has 0 aromatic heterocycles. The van der Waals surface area contributed by atoms with Crippen LogP contribution in [-0.2, 0) is 16.1 Å². The first-order valence-electron chi connectivity index (χ1n) is 5.07. The molecule has 0 bridgehead atoms. The van der Waals surface area contributed by atoms with Crippen molar-refractivity contribution in [2.75, 3.05) is 13.7 Å². The van der Waals surface area contributed by atoms with E-state index in [1.54, 1.807) is 6.07 Å². The van der Waals surface area contributed by atoms with Crippen LogP contribution in [0.2, 0.25) is 0 Å². The molecule has 4 heteroatoms. The molecule has 0 saturated heterocycles. The number of rotatable bonds is 5. The molecule has 16 heavy (non-hydrogen) atoms. The molecule has 0 heterocycles. The number of hydrogen-bond donors (Lipinski definition) is 1. The van der Waals surface area contributed by atoms with E-state index in [1.165, 1.54) is 7.11 Å². The van der Waals surface area contributed by atoms with E-state index in [1.807, 2.05) is 19.1 Å². The number of esters is 1. The van der Waals surface area contributed by atoms with Gasteiger partial charge in [0.25, 0.3) is 0 Å². The summed E-state index contributed by atoms with van der Waals surface area (Å²) in [5.41, 5.74) is 1.79. The van der Waals surface area contributed by atoms with Crippen molar-refractivity contribution in [1.82, 2.24) is 0 Å². The molecule has 88 valence electrons. The number of aryl methyl sites for hydroxylation is 1. The van der Waals surface area contributed by atoms with Crippen LogP contribution >= 0.6 is 0 Å². The fourth-order valence-corrected chi connectivity index (χ4v) is 1.32. The Morgan fingerprint density at radius 3 is 2.81 bits per heavy atom. The number of carbonyl (C=O) groups is 1. The largest absolute Gasteiger partial charge is 0.493 e. The second-order valence-corrected chi connectivity index (χ2v) is 3.44. The van der Waals surface area contributed by atoms with Gasteiger partial charge in [0.2, 0.25) is 0 Å². The molecule has 0 atom stereocenters. The minimum atomic E-state index is -0.308. The van der Waals surface area contributed by atoms with Crippen molar-refractivity contribution in [2.24, 2.45) is 0 Å². The van der Waals surface area contributed by atoms with Crippen LogP contribution < -0.4 is 4.74 Å². The van der Waals surface area contributed by atoms with Gasteiger partial charge in [0, 0.05) is 5.56 Å². The summed E-state index contributed by atoms with van der Waals surface area (Å²) in [6.45, 7) is 2.12. The van der Waals surface area contributed by atoms with Gasteiger partial charge in [0.05, 0.1) is 26.7 Å². The molecule has 0 unspecified atom stereocenters. The average Bonchev–Trinajstić information content (AvgIpc) is 2.30. The van der Waals surface area contributed by atoms with Crippen molar-refractivity contribution < 1.29 is 19.4 Å². The average molecular weight is 224 g/mol. The summed E-state index contributed by atoms with van der Waals surface area (Å²) in [7, 11) is 1.34. The third kappa shape index (κ3) is 3.55. The van der Waals surface area contributed by atoms with Crippen molar-refractivity contribution in [3.05, 3.63) is 29.3 Å². The zero-order valence-corrected chi connectivity index (χ0v) is 9.53. The van der Waals surface area contributed by atoms with E-state index in [4.69, 9.17) is 9.84 Å². The fourth-order valence-electron chi connectivity index (χ4n) is 1.32. The van der Waals surface area contributed by atoms with E-state index < -0.39 is 0 Å². The summed E-state index contributed by atoms with van der Waals surface area (Å²) in [5.74, 6) is 0.301. The van der Waals surface area contributed by atoms with Gasteiger partial charge in [-0.05, 0) is 13.0 Å². The highest BCUT2D eigenvalue weighted by Gasteiger charge is 2.05. The van der Waals surface area contributed by atoms with Crippen LogP contribution in [0.3, 0.4) is 0 Å². The number of aliphatic hydroxyl groups excluding tert-OH is 1. The monoisotopic (exact) mass is 224 g/mol. The molecular formula is C12H16O4. The molecule has 0 amide bonds. The molecule has 1 aromatic rings. The van der Waals surface area contributed by atoms with Crippen molar-refractivity contribution in [1.29, 1.82) is 0 Å². The lowest BCUT2D eigenvalue weighted by Crippen LogP contribution is -2.08. The Labute approximate surface area is 94.8 Å². The summed E-state index contributed by atoms with van der Waals surface area (Å²) >= 11 is 0. The van der Waals surface area contributed by atoms with Crippen molar-refractivity contribution >= 4 is 5.97 Å². The fraction of sp³-hybridized carbons (Fsp3) is 0.417. The number of carbonyl (C=O) groups excluding carboxylic acids is 1. The minimum absolute atomic E-state index is 0.0742. The molecule has 0 spiro atoms. The van der Waals surface area contributed by atoms with E-state index in [9.17, 15) is 4.79 Å². The lowest BCUT2D eigenvalue weighted by Gasteiger charge is -2.10. The first-order valence-corrected chi connectivity index (χ1v) is 5.07. The maximum atomic E-state index is 10.9. The SMILES string of the molecule is COC(=O)CCOc1ccc(C)cc1CO. The number of benzene rings is 1. The molecule has 0 aliphatic rings. The van der Waals surface area contributed by atoms with Gasteiger partial charge in [-0.1, -0.05) is 17.7 Å². The van der Waals surface area contributed by atoms with Crippen LogP contribution in [0.4, 0.5) is 0 Å². The molecule has 1 rings (SSSR count). The molecule has 1 aromatic carbocycles. The third-order valence-electron chi connectivity index (χ3n) is 2.18. The molecule has 0 radical (unpaired) electrons. The van der Waals surface area contributed by atoms with Crippen LogP contribution in [0.15, 0.2) is 18.2 Å². The smallest absolute Gasteiger partial charge is 0.308 e. The number of methoxy groups -OCH3 is 1. The second-order valence-electron chi connectivity index (χ2n) is 3.44. The van der Waals surface area contributed by atoms with E-state index in [2.05, 4.69) is 4.74 Å². The van der Waals surface area contributed by atoms with Crippen LogP contribution in [0.1, 0.15) is 17.5 Å². The summed E-state index contributed by atoms with van der Waals surface area (Å²) in [4.78, 5) is 10.9. The van der Waals surface area contributed by atoms with Gasteiger partial charge < -0.3 is 14.6 Å². The Hall–Kier alpha value is -1.55. The molecule has 0 saturated carbocycles. The second kappa shape index (κ2) is 6.12. The summed E-state index contributed by atoms with van der Waals surface area (Å²) < 4.78 is 9.89. The molecule has 4 nitrogen and oxygen atoms in total. The first kappa shape index (κ1) is 12.5. The van der Waals surface area contributed by atoms with Crippen molar-refractivity contribution in [3.8, 4) is 5.75 Å². The predicted molar refractivity (Wildman–Crippen MR) is 59.2 cm³/mol. The normalized spacial score (nSPS) is 9.94. The van der Waals surface area contributed by atoms with Gasteiger partial charge >= 0.3 is 5.97 Å². The van der Waals surface area contributed by atoms with Crippen LogP contribution in [0.5, 0.6) is 5.75 Å². The van der Waals surface area contributed by atoms with Gasteiger partial charge in [-0.3, -0.25) is 4.79 Å². The highest BCUT2D eigenvalue weighted by Crippen LogP contribution is 2.20. The number of aliphatic hydroxyl groups is 1. The highest BCUT2D eigenvalue weighted by atomic mass is 16.5. The Morgan fingerprint density at radius 1 is 1.44 bits per heavy atom. The molecule has 0 fully saturated rings. The van der Waals surface area contributed by atoms with Gasteiger partial charge in [0.1, 0.15) is 5.75 Å². The van der Waals surface area contributed by atoms with Gasteiger partial charge in [-0.15, -0.1) is 0 Å². The zero-order chi connectivity index (χ0) is 12.0. The quantitative estimate of drug-likeness (QED) is 0.769. The molecule has 0 aliphatic carbocycles. The summed E-state index contributed by atoms with van der Waals surface area (Å²) in [5, 5.41) is 9.13. The van der Waals surface area contributed by atoms with Gasteiger partial charge in [0.15, 0.2) is 0 Å². The van der Waals surface area contributed by atoms with Crippen molar-refractivity contribution in [2.45, 2.75) is 20.0 Å². The molecule has 1 N–H and O–H groups in total. The summed E-state index contributed by atoms with van der Waals surface area (Å²) in [6, 6.07) is 5.54. The number of hydrogen-bond acceptors (Lipinski definition) is 4. The first-order chi connectivity index (χ1) is 7.67. The van der Waals surface area contributed by atoms with Crippen LogP contribution in [-0.4, -0.2) is 24.8 Å². The maximum Gasteiger partial charge on any atom is 0.308 e. The zero-order valence-electron chi connectivity index (χ0n) is 9.53. The van der Waals surface area contributed by atoms with E-state index in [0.717, 1.165) is 11.1 Å². The van der Waals surface area contributed by atoms with Crippen LogP contribution in [0.25, 0.3) is 0 Å². The topological polar surface area (TPSA) is 55.8 Å². The van der Waals surface area contributed by atoms with E-state index in [-0.39, 0.29) is 25.6 Å². The predicted octanol–water partition coefficient (Wildman–Crippen LogP) is 1.43. The minimum Gasteiger partial charge on any atom is -0.493 e.